The minimum atomic E-state index is -1.29. The summed E-state index contributed by atoms with van der Waals surface area (Å²) in [4.78, 5) is 59.6. The molecule has 34 heavy (non-hydrogen) atoms. The maximum Gasteiger partial charge on any atom is 0.352 e. The molecule has 2 aromatic rings. The number of nitrogens with zero attached hydrogens (tertiary/aromatic N) is 3. The van der Waals surface area contributed by atoms with E-state index in [4.69, 9.17) is 15.0 Å². The van der Waals surface area contributed by atoms with Gasteiger partial charge in [0.2, 0.25) is 0 Å². The number of nitrogens with two attached hydrogens (primary N) is 1. The molecule has 2 amide bonds. The van der Waals surface area contributed by atoms with Crippen molar-refractivity contribution in [2.45, 2.75) is 11.4 Å². The van der Waals surface area contributed by atoms with Crippen molar-refractivity contribution >= 4 is 68.6 Å². The Kier molecular flexibility index (Phi) is 6.95. The van der Waals surface area contributed by atoms with Crippen molar-refractivity contribution in [1.29, 1.82) is 0 Å². The van der Waals surface area contributed by atoms with Crippen molar-refractivity contribution in [3.8, 4) is 0 Å². The van der Waals surface area contributed by atoms with Crippen LogP contribution in [-0.4, -0.2) is 73.6 Å². The number of oxime groups is 1. The number of nitrogens with one attached hydrogen (secondary N) is 1. The van der Waals surface area contributed by atoms with Crippen LogP contribution in [-0.2, 0) is 19.2 Å². The summed E-state index contributed by atoms with van der Waals surface area (Å²) in [5.74, 6) is -2.08. The van der Waals surface area contributed by atoms with E-state index >= 15 is 0 Å². The molecule has 4 rings (SSSR count). The number of furan rings is 1. The molecule has 2 aliphatic heterocycles. The van der Waals surface area contributed by atoms with E-state index in [9.17, 15) is 24.3 Å². The number of nitrogen functional groups attached to an aromatic ring is 1. The number of carbonyl (C=O) groups is 4. The van der Waals surface area contributed by atoms with Gasteiger partial charge in [-0.3, -0.25) is 19.3 Å². The molecule has 0 saturated carbocycles. The zero-order chi connectivity index (χ0) is 24.4. The molecular weight excluding hydrogens is 506 g/mol. The summed E-state index contributed by atoms with van der Waals surface area (Å²) in [5.41, 5.74) is 5.89. The molecule has 0 bridgehead atoms. The summed E-state index contributed by atoms with van der Waals surface area (Å²) in [5, 5.41) is 16.8. The van der Waals surface area contributed by atoms with Gasteiger partial charge in [-0.2, -0.15) is 0 Å². The monoisotopic (exact) mass is 523 g/mol. The van der Waals surface area contributed by atoms with Crippen LogP contribution in [0.2, 0.25) is 0 Å². The van der Waals surface area contributed by atoms with Crippen molar-refractivity contribution in [2.75, 3.05) is 24.3 Å². The third kappa shape index (κ3) is 4.53. The first-order chi connectivity index (χ1) is 16.3. The number of anilines is 1. The van der Waals surface area contributed by atoms with Crippen molar-refractivity contribution in [1.82, 2.24) is 15.2 Å². The van der Waals surface area contributed by atoms with Crippen LogP contribution < -0.4 is 11.1 Å². The molecule has 15 heteroatoms. The molecule has 4 N–H and O–H groups in total. The average molecular weight is 524 g/mol. The Labute approximate surface area is 204 Å². The number of thioether (sulfide) groups is 2. The lowest BCUT2D eigenvalue weighted by Gasteiger charge is -2.49. The fraction of sp³-hybridized carbons (Fsp3) is 0.263. The standard InChI is InChI=1S/C19H17N5O7S3/c1-30-23-11(9-7-34-19(20)21-9)14(25)22-12-15(26)24-13(17(27)28)8(5-32-16(12)24)6-33-18(29)10-3-2-4-31-10/h2-4,7,12,16H,5-6H2,1H3,(H2,20,21)(H,22,25)(H,27,28)/t12-,16?/m1/s1. The second-order valence-corrected chi connectivity index (χ2v) is 9.81. The largest absolute Gasteiger partial charge is 0.477 e. The molecule has 0 aliphatic carbocycles. The second-order valence-electron chi connectivity index (χ2n) is 6.87. The molecular formula is C19H17N5O7S3. The molecule has 1 fully saturated rings. The average Bonchev–Trinajstić information content (AvgIpc) is 3.50. The van der Waals surface area contributed by atoms with Crippen LogP contribution in [0, 0.1) is 0 Å². The number of hydrogen-bond donors (Lipinski definition) is 3. The van der Waals surface area contributed by atoms with Gasteiger partial charge in [-0.15, -0.1) is 23.1 Å². The zero-order valence-corrected chi connectivity index (χ0v) is 19.9. The van der Waals surface area contributed by atoms with E-state index in [1.54, 1.807) is 6.07 Å². The highest BCUT2D eigenvalue weighted by Crippen LogP contribution is 2.41. The van der Waals surface area contributed by atoms with Gasteiger partial charge in [0, 0.05) is 16.9 Å². The number of β-lactam (4-membered cyclic amide) rings is 1. The lowest BCUT2D eigenvalue weighted by molar-refractivity contribution is -0.150. The van der Waals surface area contributed by atoms with Crippen LogP contribution in [0.1, 0.15) is 16.2 Å². The number of hydrogen-bond acceptors (Lipinski definition) is 12. The van der Waals surface area contributed by atoms with Crippen LogP contribution in [0.25, 0.3) is 0 Å². The first kappa shape index (κ1) is 23.8. The molecule has 0 radical (unpaired) electrons. The number of carboxylic acid groups (broad SMARTS) is 1. The van der Waals surface area contributed by atoms with Crippen LogP contribution in [0.5, 0.6) is 0 Å². The van der Waals surface area contributed by atoms with E-state index < -0.39 is 29.2 Å². The minimum Gasteiger partial charge on any atom is -0.477 e. The Morgan fingerprint density at radius 1 is 1.47 bits per heavy atom. The molecule has 0 spiro atoms. The van der Waals surface area contributed by atoms with Gasteiger partial charge in [-0.1, -0.05) is 16.9 Å². The van der Waals surface area contributed by atoms with E-state index in [2.05, 4.69) is 15.5 Å². The molecule has 4 heterocycles. The molecule has 1 unspecified atom stereocenters. The van der Waals surface area contributed by atoms with E-state index in [0.29, 0.717) is 5.57 Å². The Balaban J connectivity index is 1.47. The third-order valence-electron chi connectivity index (χ3n) is 4.80. The quantitative estimate of drug-likeness (QED) is 0.255. The van der Waals surface area contributed by atoms with Gasteiger partial charge in [0.05, 0.1) is 6.26 Å². The van der Waals surface area contributed by atoms with Crippen molar-refractivity contribution < 1.29 is 33.5 Å². The van der Waals surface area contributed by atoms with E-state index in [-0.39, 0.29) is 44.6 Å². The SMILES string of the molecule is CON=C(C(=O)N[C@@H]1C(=O)N2C(C(=O)O)=C(CSC(=O)c3ccco3)CSC12)c1csc(N)n1. The molecule has 2 aromatic heterocycles. The Hall–Kier alpha value is -3.30. The maximum absolute atomic E-state index is 12.8. The first-order valence-corrected chi connectivity index (χ1v) is 12.5. The van der Waals surface area contributed by atoms with Crippen molar-refractivity contribution in [3.63, 3.8) is 0 Å². The molecule has 2 aliphatic rings. The Morgan fingerprint density at radius 2 is 2.26 bits per heavy atom. The summed E-state index contributed by atoms with van der Waals surface area (Å²) in [6.45, 7) is 0. The van der Waals surface area contributed by atoms with Gasteiger partial charge in [-0.05, 0) is 17.7 Å². The van der Waals surface area contributed by atoms with Crippen LogP contribution >= 0.6 is 34.9 Å². The molecule has 0 aromatic carbocycles. The molecule has 178 valence electrons. The molecule has 1 saturated heterocycles. The Bertz CT molecular complexity index is 1210. The highest BCUT2D eigenvalue weighted by molar-refractivity contribution is 8.14. The predicted molar refractivity (Wildman–Crippen MR) is 125 cm³/mol. The van der Waals surface area contributed by atoms with Gasteiger partial charge in [-0.25, -0.2) is 9.78 Å². The number of aliphatic carboxylic acids is 1. The zero-order valence-electron chi connectivity index (χ0n) is 17.4. The first-order valence-electron chi connectivity index (χ1n) is 9.55. The minimum absolute atomic E-state index is 0.0809. The topological polar surface area (TPSA) is 177 Å². The smallest absolute Gasteiger partial charge is 0.352 e. The van der Waals surface area contributed by atoms with Crippen LogP contribution in [0.4, 0.5) is 5.13 Å². The second kappa shape index (κ2) is 9.90. The number of fused-ring (bicyclic) bond motifs is 1. The number of thiazole rings is 1. The third-order valence-corrected chi connectivity index (χ3v) is 7.77. The summed E-state index contributed by atoms with van der Waals surface area (Å²) in [6.07, 6.45) is 1.37. The maximum atomic E-state index is 12.8. The van der Waals surface area contributed by atoms with Gasteiger partial charge in [0.1, 0.15) is 29.9 Å². The summed E-state index contributed by atoms with van der Waals surface area (Å²) < 4.78 is 5.05. The number of amides is 2. The number of carbonyl (C=O) groups excluding carboxylic acids is 3. The van der Waals surface area contributed by atoms with Crippen molar-refractivity contribution in [2.24, 2.45) is 5.16 Å². The normalized spacial score (nSPS) is 20.0. The lowest BCUT2D eigenvalue weighted by atomic mass is 10.0. The molecule has 2 atom stereocenters. The number of rotatable bonds is 8. The van der Waals surface area contributed by atoms with Gasteiger partial charge in [0.15, 0.2) is 16.6 Å². The fourth-order valence-corrected chi connectivity index (χ4v) is 6.14. The van der Waals surface area contributed by atoms with Gasteiger partial charge < -0.3 is 25.4 Å². The van der Waals surface area contributed by atoms with Gasteiger partial charge in [0.25, 0.3) is 16.9 Å². The summed E-state index contributed by atoms with van der Waals surface area (Å²) in [6, 6.07) is 2.13. The van der Waals surface area contributed by atoms with Crippen LogP contribution in [0.15, 0.2) is 44.6 Å². The van der Waals surface area contributed by atoms with Gasteiger partial charge >= 0.3 is 5.97 Å². The number of carboxylic acids is 1. The lowest BCUT2D eigenvalue weighted by Crippen LogP contribution is -2.71. The Morgan fingerprint density at radius 3 is 2.88 bits per heavy atom. The highest BCUT2D eigenvalue weighted by atomic mass is 32.2. The van der Waals surface area contributed by atoms with Crippen molar-refractivity contribution in [3.05, 3.63) is 46.5 Å². The summed E-state index contributed by atoms with van der Waals surface area (Å²) >= 11 is 3.29. The predicted octanol–water partition coefficient (Wildman–Crippen LogP) is 0.981. The number of aromatic nitrogens is 1. The fourth-order valence-electron chi connectivity index (χ4n) is 3.31. The van der Waals surface area contributed by atoms with Crippen LogP contribution in [0.3, 0.4) is 0 Å². The highest BCUT2D eigenvalue weighted by Gasteiger charge is 2.54. The molecule has 12 nitrogen and oxygen atoms in total. The summed E-state index contributed by atoms with van der Waals surface area (Å²) in [7, 11) is 1.26. The van der Waals surface area contributed by atoms with E-state index in [1.807, 2.05) is 0 Å². The van der Waals surface area contributed by atoms with E-state index in [1.165, 1.54) is 36.6 Å². The van der Waals surface area contributed by atoms with E-state index in [0.717, 1.165) is 28.0 Å².